The summed E-state index contributed by atoms with van der Waals surface area (Å²) >= 11 is 1.25. The third kappa shape index (κ3) is 3.13. The van der Waals surface area contributed by atoms with Gasteiger partial charge in [-0.2, -0.15) is 0 Å². The topological polar surface area (TPSA) is 64.3 Å². The first-order valence-electron chi connectivity index (χ1n) is 5.62. The van der Waals surface area contributed by atoms with Crippen molar-refractivity contribution in [2.24, 2.45) is 0 Å². The maximum Gasteiger partial charge on any atom is 0.132 e. The van der Waals surface area contributed by atoms with E-state index in [1.165, 1.54) is 24.4 Å². The van der Waals surface area contributed by atoms with Crippen LogP contribution in [0.4, 0.5) is 5.00 Å². The van der Waals surface area contributed by atoms with Gasteiger partial charge >= 0.3 is 0 Å². The van der Waals surface area contributed by atoms with Crippen LogP contribution in [-0.4, -0.2) is 40.8 Å². The number of likely N-dealkylation sites (N-methyl/N-ethyl adjacent to an activating group) is 1. The Bertz CT molecular complexity index is 324. The molecule has 2 rings (SSSR count). The highest BCUT2D eigenvalue weighted by Gasteiger charge is 2.17. The van der Waals surface area contributed by atoms with E-state index < -0.39 is 0 Å². The Hall–Kier alpha value is -0.720. The van der Waals surface area contributed by atoms with Crippen molar-refractivity contribution in [2.45, 2.75) is 31.9 Å². The van der Waals surface area contributed by atoms with E-state index in [4.69, 9.17) is 10.5 Å². The van der Waals surface area contributed by atoms with Crippen LogP contribution in [0.15, 0.2) is 0 Å². The lowest BCUT2D eigenvalue weighted by molar-refractivity contribution is -0.00272. The molecular formula is C10H18N4OS. The van der Waals surface area contributed by atoms with E-state index in [2.05, 4.69) is 21.5 Å². The summed E-state index contributed by atoms with van der Waals surface area (Å²) in [6, 6.07) is 0. The van der Waals surface area contributed by atoms with E-state index in [9.17, 15) is 0 Å². The Morgan fingerprint density at radius 1 is 1.56 bits per heavy atom. The molecule has 0 spiro atoms. The van der Waals surface area contributed by atoms with Crippen molar-refractivity contribution in [1.29, 1.82) is 0 Å². The van der Waals surface area contributed by atoms with Crippen LogP contribution in [0.3, 0.4) is 0 Å². The first-order chi connectivity index (χ1) is 7.75. The van der Waals surface area contributed by atoms with Crippen molar-refractivity contribution in [3.8, 4) is 0 Å². The number of hydrogen-bond donors (Lipinski definition) is 1. The Morgan fingerprint density at radius 3 is 3.06 bits per heavy atom. The molecule has 0 radical (unpaired) electrons. The molecule has 2 N–H and O–H groups in total. The highest BCUT2D eigenvalue weighted by molar-refractivity contribution is 7.09. The van der Waals surface area contributed by atoms with Crippen molar-refractivity contribution < 1.29 is 4.74 Å². The maximum absolute atomic E-state index is 5.76. The summed E-state index contributed by atoms with van der Waals surface area (Å²) in [6.07, 6.45) is 4.00. The van der Waals surface area contributed by atoms with Gasteiger partial charge in [-0.15, -0.1) is 5.10 Å². The first-order valence-corrected chi connectivity index (χ1v) is 6.40. The quantitative estimate of drug-likeness (QED) is 0.857. The molecule has 1 saturated heterocycles. The molecule has 1 fully saturated rings. The fraction of sp³-hybridized carbons (Fsp3) is 0.800. The molecule has 5 nitrogen and oxygen atoms in total. The van der Waals surface area contributed by atoms with Gasteiger partial charge in [-0.25, -0.2) is 0 Å². The second-order valence-corrected chi connectivity index (χ2v) is 5.05. The number of nitrogens with two attached hydrogens (primary N) is 1. The van der Waals surface area contributed by atoms with Gasteiger partial charge in [0.1, 0.15) is 10.7 Å². The normalized spacial score (nSPS) is 21.5. The third-order valence-corrected chi connectivity index (χ3v) is 3.39. The number of anilines is 1. The zero-order valence-electron chi connectivity index (χ0n) is 9.56. The van der Waals surface area contributed by atoms with Gasteiger partial charge in [0, 0.05) is 31.2 Å². The van der Waals surface area contributed by atoms with Crippen molar-refractivity contribution in [2.75, 3.05) is 25.9 Å². The predicted octanol–water partition coefficient (Wildman–Crippen LogP) is 1.12. The summed E-state index contributed by atoms with van der Waals surface area (Å²) in [7, 11) is 2.07. The molecule has 90 valence electrons. The zero-order chi connectivity index (χ0) is 11.4. The molecule has 1 aromatic rings. The van der Waals surface area contributed by atoms with Crippen LogP contribution in [0, 0.1) is 0 Å². The van der Waals surface area contributed by atoms with E-state index in [-0.39, 0.29) is 0 Å². The van der Waals surface area contributed by atoms with Crippen LogP contribution >= 0.6 is 11.5 Å². The summed E-state index contributed by atoms with van der Waals surface area (Å²) in [4.78, 5) is 2.20. The SMILES string of the molecule is CN(Cc1nnsc1N)CC1CCCCO1. The van der Waals surface area contributed by atoms with Gasteiger partial charge in [0.2, 0.25) is 0 Å². The van der Waals surface area contributed by atoms with Gasteiger partial charge in [-0.1, -0.05) is 4.49 Å². The number of ether oxygens (including phenoxy) is 1. The average Bonchev–Trinajstić information content (AvgIpc) is 2.66. The number of aromatic nitrogens is 2. The molecular weight excluding hydrogens is 224 g/mol. The number of rotatable bonds is 4. The third-order valence-electron chi connectivity index (χ3n) is 2.79. The summed E-state index contributed by atoms with van der Waals surface area (Å²) in [6.45, 7) is 2.60. The fourth-order valence-corrected chi connectivity index (χ4v) is 2.38. The molecule has 0 aromatic carbocycles. The summed E-state index contributed by atoms with van der Waals surface area (Å²) in [5.41, 5.74) is 6.64. The first kappa shape index (κ1) is 11.8. The second kappa shape index (κ2) is 5.56. The van der Waals surface area contributed by atoms with Gasteiger partial charge < -0.3 is 10.5 Å². The minimum Gasteiger partial charge on any atom is -0.388 e. The van der Waals surface area contributed by atoms with Gasteiger partial charge in [-0.05, 0) is 26.3 Å². The minimum atomic E-state index is 0.367. The standard InChI is InChI=1S/C10H18N4OS/c1-14(6-8-4-2-3-5-15-8)7-9-10(11)16-13-12-9/h8H,2-7,11H2,1H3. The Labute approximate surface area is 99.7 Å². The molecule has 1 aliphatic heterocycles. The van der Waals surface area contributed by atoms with E-state index in [1.54, 1.807) is 0 Å². The molecule has 16 heavy (non-hydrogen) atoms. The Balaban J connectivity index is 1.79. The molecule has 0 saturated carbocycles. The Morgan fingerprint density at radius 2 is 2.44 bits per heavy atom. The van der Waals surface area contributed by atoms with Crippen molar-refractivity contribution in [1.82, 2.24) is 14.5 Å². The van der Waals surface area contributed by atoms with E-state index >= 15 is 0 Å². The molecule has 0 aliphatic carbocycles. The van der Waals surface area contributed by atoms with Crippen molar-refractivity contribution in [3.05, 3.63) is 5.69 Å². The summed E-state index contributed by atoms with van der Waals surface area (Å²) in [5.74, 6) is 0. The van der Waals surface area contributed by atoms with Crippen LogP contribution in [0.1, 0.15) is 25.0 Å². The van der Waals surface area contributed by atoms with Crippen LogP contribution in [-0.2, 0) is 11.3 Å². The molecule has 1 atom stereocenters. The average molecular weight is 242 g/mol. The lowest BCUT2D eigenvalue weighted by Crippen LogP contribution is -2.33. The van der Waals surface area contributed by atoms with Crippen LogP contribution < -0.4 is 5.73 Å². The number of hydrogen-bond acceptors (Lipinski definition) is 6. The second-order valence-electron chi connectivity index (χ2n) is 4.27. The van der Waals surface area contributed by atoms with Crippen LogP contribution in [0.5, 0.6) is 0 Å². The maximum atomic E-state index is 5.76. The van der Waals surface area contributed by atoms with Gasteiger partial charge in [0.25, 0.3) is 0 Å². The zero-order valence-corrected chi connectivity index (χ0v) is 10.4. The lowest BCUT2D eigenvalue weighted by Gasteiger charge is -2.26. The number of nitrogen functional groups attached to an aromatic ring is 1. The number of nitrogens with zero attached hydrogens (tertiary/aromatic N) is 3. The molecule has 0 bridgehead atoms. The van der Waals surface area contributed by atoms with Crippen molar-refractivity contribution in [3.63, 3.8) is 0 Å². The largest absolute Gasteiger partial charge is 0.388 e. The van der Waals surface area contributed by atoms with Gasteiger partial charge in [0.15, 0.2) is 0 Å². The molecule has 1 aromatic heterocycles. The van der Waals surface area contributed by atoms with Gasteiger partial charge in [0.05, 0.1) is 6.10 Å². The summed E-state index contributed by atoms with van der Waals surface area (Å²) < 4.78 is 9.52. The van der Waals surface area contributed by atoms with Gasteiger partial charge in [-0.3, -0.25) is 4.90 Å². The van der Waals surface area contributed by atoms with E-state index in [1.807, 2.05) is 0 Å². The monoisotopic (exact) mass is 242 g/mol. The summed E-state index contributed by atoms with van der Waals surface area (Å²) in [5, 5.41) is 4.73. The highest BCUT2D eigenvalue weighted by atomic mass is 32.1. The molecule has 1 unspecified atom stereocenters. The minimum absolute atomic E-state index is 0.367. The highest BCUT2D eigenvalue weighted by Crippen LogP contribution is 2.17. The molecule has 0 amide bonds. The van der Waals surface area contributed by atoms with Crippen LogP contribution in [0.2, 0.25) is 0 Å². The molecule has 6 heteroatoms. The van der Waals surface area contributed by atoms with Crippen molar-refractivity contribution >= 4 is 16.5 Å². The smallest absolute Gasteiger partial charge is 0.132 e. The molecule has 1 aliphatic rings. The predicted molar refractivity (Wildman–Crippen MR) is 64.2 cm³/mol. The van der Waals surface area contributed by atoms with Crippen LogP contribution in [0.25, 0.3) is 0 Å². The van der Waals surface area contributed by atoms with E-state index in [0.29, 0.717) is 6.10 Å². The van der Waals surface area contributed by atoms with E-state index in [0.717, 1.165) is 36.8 Å². The fourth-order valence-electron chi connectivity index (χ4n) is 1.94. The molecule has 2 heterocycles. The Kier molecular flexibility index (Phi) is 4.09. The lowest BCUT2D eigenvalue weighted by atomic mass is 10.1.